The Morgan fingerprint density at radius 1 is 1.48 bits per heavy atom. The number of ether oxygens (including phenoxy) is 1. The molecule has 116 valence electrons. The SMILES string of the molecule is CCc1cc(C(=O)NC2CCOC(C)(C)C2)cc(NC)n1. The lowest BCUT2D eigenvalue weighted by Crippen LogP contribution is -2.45. The topological polar surface area (TPSA) is 63.2 Å². The summed E-state index contributed by atoms with van der Waals surface area (Å²) in [4.78, 5) is 16.9. The zero-order chi connectivity index (χ0) is 15.5. The Balaban J connectivity index is 2.09. The zero-order valence-corrected chi connectivity index (χ0v) is 13.3. The molecular weight excluding hydrogens is 266 g/mol. The molecule has 0 saturated carbocycles. The molecule has 1 amide bonds. The van der Waals surface area contributed by atoms with E-state index in [0.717, 1.165) is 30.8 Å². The fourth-order valence-electron chi connectivity index (χ4n) is 2.65. The fraction of sp³-hybridized carbons (Fsp3) is 0.625. The minimum Gasteiger partial charge on any atom is -0.375 e. The van der Waals surface area contributed by atoms with Crippen molar-refractivity contribution in [3.8, 4) is 0 Å². The van der Waals surface area contributed by atoms with Crippen molar-refractivity contribution in [3.05, 3.63) is 23.4 Å². The largest absolute Gasteiger partial charge is 0.375 e. The van der Waals surface area contributed by atoms with Crippen molar-refractivity contribution in [2.75, 3.05) is 19.0 Å². The molecule has 0 bridgehead atoms. The predicted molar refractivity (Wildman–Crippen MR) is 83.7 cm³/mol. The third-order valence-electron chi connectivity index (χ3n) is 3.79. The molecule has 2 heterocycles. The Bertz CT molecular complexity index is 492. The average molecular weight is 291 g/mol. The lowest BCUT2D eigenvalue weighted by molar-refractivity contribution is -0.0615. The van der Waals surface area contributed by atoms with Crippen LogP contribution in [0.3, 0.4) is 0 Å². The van der Waals surface area contributed by atoms with E-state index < -0.39 is 0 Å². The van der Waals surface area contributed by atoms with E-state index in [4.69, 9.17) is 4.74 Å². The monoisotopic (exact) mass is 291 g/mol. The Morgan fingerprint density at radius 3 is 2.86 bits per heavy atom. The summed E-state index contributed by atoms with van der Waals surface area (Å²) < 4.78 is 5.68. The first kappa shape index (κ1) is 15.8. The van der Waals surface area contributed by atoms with Gasteiger partial charge >= 0.3 is 0 Å². The second-order valence-electron chi connectivity index (χ2n) is 6.11. The quantitative estimate of drug-likeness (QED) is 0.894. The van der Waals surface area contributed by atoms with Gasteiger partial charge in [-0.1, -0.05) is 6.92 Å². The first-order valence-corrected chi connectivity index (χ1v) is 7.57. The van der Waals surface area contributed by atoms with Crippen molar-refractivity contribution >= 4 is 11.7 Å². The number of nitrogens with one attached hydrogen (secondary N) is 2. The predicted octanol–water partition coefficient (Wildman–Crippen LogP) is 2.37. The number of anilines is 1. The van der Waals surface area contributed by atoms with Crippen molar-refractivity contribution in [1.82, 2.24) is 10.3 Å². The van der Waals surface area contributed by atoms with E-state index in [2.05, 4.69) is 29.5 Å². The molecule has 2 rings (SSSR count). The van der Waals surface area contributed by atoms with E-state index in [1.54, 1.807) is 6.07 Å². The molecule has 0 radical (unpaired) electrons. The Labute approximate surface area is 126 Å². The van der Waals surface area contributed by atoms with Crippen LogP contribution in [-0.2, 0) is 11.2 Å². The maximum atomic E-state index is 12.5. The van der Waals surface area contributed by atoms with Crippen LogP contribution in [0.1, 0.15) is 49.7 Å². The van der Waals surface area contributed by atoms with Gasteiger partial charge in [-0.05, 0) is 45.2 Å². The van der Waals surface area contributed by atoms with Crippen LogP contribution in [0.15, 0.2) is 12.1 Å². The molecule has 2 N–H and O–H groups in total. The van der Waals surface area contributed by atoms with Crippen LogP contribution in [0.4, 0.5) is 5.82 Å². The standard InChI is InChI=1S/C16H25N3O2/c1-5-12-8-11(9-14(17-4)18-12)15(20)19-13-6-7-21-16(2,3)10-13/h8-9,13H,5-7,10H2,1-4H3,(H,17,18)(H,19,20). The van der Waals surface area contributed by atoms with Crippen molar-refractivity contribution in [3.63, 3.8) is 0 Å². The highest BCUT2D eigenvalue weighted by Gasteiger charge is 2.29. The van der Waals surface area contributed by atoms with Crippen molar-refractivity contribution in [2.24, 2.45) is 0 Å². The maximum absolute atomic E-state index is 12.5. The summed E-state index contributed by atoms with van der Waals surface area (Å²) in [6.45, 7) is 6.85. The third kappa shape index (κ3) is 4.17. The number of nitrogens with zero attached hydrogens (tertiary/aromatic N) is 1. The van der Waals surface area contributed by atoms with Crippen LogP contribution >= 0.6 is 0 Å². The van der Waals surface area contributed by atoms with Crippen LogP contribution in [0.5, 0.6) is 0 Å². The molecule has 5 heteroatoms. The number of carbonyl (C=O) groups excluding carboxylic acids is 1. The van der Waals surface area contributed by atoms with Crippen molar-refractivity contribution in [2.45, 2.75) is 51.7 Å². The number of hydrogen-bond donors (Lipinski definition) is 2. The number of pyridine rings is 1. The number of carbonyl (C=O) groups is 1. The maximum Gasteiger partial charge on any atom is 0.251 e. The van der Waals surface area contributed by atoms with Crippen LogP contribution in [0.2, 0.25) is 0 Å². The Morgan fingerprint density at radius 2 is 2.24 bits per heavy atom. The Kier molecular flexibility index (Phi) is 4.83. The van der Waals surface area contributed by atoms with E-state index in [1.165, 1.54) is 0 Å². The zero-order valence-electron chi connectivity index (χ0n) is 13.3. The van der Waals surface area contributed by atoms with Crippen molar-refractivity contribution < 1.29 is 9.53 Å². The van der Waals surface area contributed by atoms with Gasteiger partial charge in [-0.25, -0.2) is 4.98 Å². The first-order chi connectivity index (χ1) is 9.93. The number of aryl methyl sites for hydroxylation is 1. The van der Waals surface area contributed by atoms with Crippen LogP contribution in [0.25, 0.3) is 0 Å². The van der Waals surface area contributed by atoms with Gasteiger partial charge in [-0.15, -0.1) is 0 Å². The second-order valence-corrected chi connectivity index (χ2v) is 6.11. The van der Waals surface area contributed by atoms with E-state index in [0.29, 0.717) is 12.2 Å². The lowest BCUT2D eigenvalue weighted by Gasteiger charge is -2.35. The minimum absolute atomic E-state index is 0.0358. The highest BCUT2D eigenvalue weighted by molar-refractivity contribution is 5.95. The molecule has 5 nitrogen and oxygen atoms in total. The van der Waals surface area contributed by atoms with E-state index in [-0.39, 0.29) is 17.6 Å². The molecule has 0 aliphatic carbocycles. The second kappa shape index (κ2) is 6.43. The molecule has 1 aromatic heterocycles. The van der Waals surface area contributed by atoms with Gasteiger partial charge in [-0.2, -0.15) is 0 Å². The number of rotatable bonds is 4. The summed E-state index contributed by atoms with van der Waals surface area (Å²) in [6, 6.07) is 3.82. The molecule has 1 fully saturated rings. The molecule has 1 aliphatic rings. The molecular formula is C16H25N3O2. The molecule has 0 spiro atoms. The summed E-state index contributed by atoms with van der Waals surface area (Å²) in [5, 5.41) is 6.12. The van der Waals surface area contributed by atoms with Gasteiger partial charge in [0, 0.05) is 31.0 Å². The number of hydrogen-bond acceptors (Lipinski definition) is 4. The van der Waals surface area contributed by atoms with E-state index in [1.807, 2.05) is 20.0 Å². The molecule has 1 aliphatic heterocycles. The molecule has 1 saturated heterocycles. The number of aromatic nitrogens is 1. The highest BCUT2D eigenvalue weighted by Crippen LogP contribution is 2.24. The van der Waals surface area contributed by atoms with Gasteiger partial charge < -0.3 is 15.4 Å². The average Bonchev–Trinajstić information content (AvgIpc) is 2.45. The summed E-state index contributed by atoms with van der Waals surface area (Å²) in [7, 11) is 1.81. The van der Waals surface area contributed by atoms with Gasteiger partial charge in [0.15, 0.2) is 0 Å². The summed E-state index contributed by atoms with van der Waals surface area (Å²) >= 11 is 0. The molecule has 21 heavy (non-hydrogen) atoms. The number of amides is 1. The normalized spacial score (nSPS) is 20.9. The first-order valence-electron chi connectivity index (χ1n) is 7.57. The summed E-state index contributed by atoms with van der Waals surface area (Å²) in [5.41, 5.74) is 1.41. The van der Waals surface area contributed by atoms with E-state index >= 15 is 0 Å². The smallest absolute Gasteiger partial charge is 0.251 e. The van der Waals surface area contributed by atoms with Gasteiger partial charge in [-0.3, -0.25) is 4.79 Å². The molecule has 1 unspecified atom stereocenters. The van der Waals surface area contributed by atoms with Crippen LogP contribution in [0, 0.1) is 0 Å². The van der Waals surface area contributed by atoms with Gasteiger partial charge in [0.1, 0.15) is 5.82 Å². The lowest BCUT2D eigenvalue weighted by atomic mass is 9.94. The van der Waals surface area contributed by atoms with Crippen molar-refractivity contribution in [1.29, 1.82) is 0 Å². The summed E-state index contributed by atoms with van der Waals surface area (Å²) in [6.07, 6.45) is 2.50. The van der Waals surface area contributed by atoms with Gasteiger partial charge in [0.2, 0.25) is 0 Å². The summed E-state index contributed by atoms with van der Waals surface area (Å²) in [5.74, 6) is 0.693. The van der Waals surface area contributed by atoms with Gasteiger partial charge in [0.05, 0.1) is 5.60 Å². The van der Waals surface area contributed by atoms with Crippen LogP contribution in [-0.4, -0.2) is 36.2 Å². The minimum atomic E-state index is -0.168. The Hall–Kier alpha value is -1.62. The highest BCUT2D eigenvalue weighted by atomic mass is 16.5. The fourth-order valence-corrected chi connectivity index (χ4v) is 2.65. The third-order valence-corrected chi connectivity index (χ3v) is 3.79. The van der Waals surface area contributed by atoms with Crippen LogP contribution < -0.4 is 10.6 Å². The van der Waals surface area contributed by atoms with E-state index in [9.17, 15) is 4.79 Å². The molecule has 1 atom stereocenters. The van der Waals surface area contributed by atoms with Gasteiger partial charge in [0.25, 0.3) is 5.91 Å². The molecule has 1 aromatic rings. The molecule has 0 aromatic carbocycles.